The molecule has 0 amide bonds. The van der Waals surface area contributed by atoms with E-state index in [0.717, 1.165) is 0 Å². The molecule has 1 heterocycles. The van der Waals surface area contributed by atoms with E-state index in [9.17, 15) is 9.18 Å². The molecule has 6 heteroatoms. The number of H-pyrrole nitrogens is 1. The van der Waals surface area contributed by atoms with Crippen LogP contribution < -0.4 is 5.69 Å². The molecule has 0 radical (unpaired) electrons. The van der Waals surface area contributed by atoms with Crippen LogP contribution in [0.25, 0.3) is 11.3 Å². The lowest BCUT2D eigenvalue weighted by Gasteiger charge is -2.05. The molecule has 16 heavy (non-hydrogen) atoms. The van der Waals surface area contributed by atoms with Crippen molar-refractivity contribution in [1.82, 2.24) is 9.97 Å². The molecule has 82 valence electrons. The summed E-state index contributed by atoms with van der Waals surface area (Å²) in [4.78, 5) is 16.9. The largest absolute Gasteiger partial charge is 0.345 e. The van der Waals surface area contributed by atoms with Gasteiger partial charge in [0.25, 0.3) is 0 Å². The van der Waals surface area contributed by atoms with E-state index in [-0.39, 0.29) is 10.6 Å². The van der Waals surface area contributed by atoms with E-state index in [2.05, 4.69) is 25.9 Å². The molecule has 0 aliphatic carbocycles. The van der Waals surface area contributed by atoms with Crippen molar-refractivity contribution < 1.29 is 4.39 Å². The Morgan fingerprint density at radius 1 is 1.38 bits per heavy atom. The first-order valence-corrected chi connectivity index (χ1v) is 5.46. The van der Waals surface area contributed by atoms with Gasteiger partial charge in [-0.05, 0) is 34.1 Å². The molecule has 0 fully saturated rings. The molecule has 1 aromatic heterocycles. The number of hydrogen-bond acceptors (Lipinski definition) is 2. The van der Waals surface area contributed by atoms with Crippen molar-refractivity contribution in [1.29, 1.82) is 0 Å². The lowest BCUT2D eigenvalue weighted by Crippen LogP contribution is -2.09. The van der Waals surface area contributed by atoms with E-state index in [1.165, 1.54) is 18.3 Å². The Hall–Kier alpha value is -1.20. The van der Waals surface area contributed by atoms with Crippen molar-refractivity contribution in [3.63, 3.8) is 0 Å². The number of aromatic amines is 1. The van der Waals surface area contributed by atoms with Crippen LogP contribution in [0.2, 0.25) is 5.02 Å². The van der Waals surface area contributed by atoms with Crippen LogP contribution in [0.3, 0.4) is 0 Å². The molecule has 2 rings (SSSR count). The zero-order valence-corrected chi connectivity index (χ0v) is 10.1. The lowest BCUT2D eigenvalue weighted by molar-refractivity contribution is 0.630. The first kappa shape index (κ1) is 11.3. The predicted molar refractivity (Wildman–Crippen MR) is 63.0 cm³/mol. The van der Waals surface area contributed by atoms with Crippen LogP contribution >= 0.6 is 27.5 Å². The Morgan fingerprint density at radius 3 is 2.81 bits per heavy atom. The maximum absolute atomic E-state index is 13.8. The second-order valence-electron chi connectivity index (χ2n) is 3.01. The lowest BCUT2D eigenvalue weighted by atomic mass is 10.1. The maximum Gasteiger partial charge on any atom is 0.345 e. The van der Waals surface area contributed by atoms with Crippen LogP contribution in [0.4, 0.5) is 4.39 Å². The van der Waals surface area contributed by atoms with Gasteiger partial charge < -0.3 is 4.98 Å². The Labute approximate surface area is 103 Å². The minimum absolute atomic E-state index is 0.0184. The fourth-order valence-corrected chi connectivity index (χ4v) is 1.73. The van der Waals surface area contributed by atoms with Crippen LogP contribution in [0, 0.1) is 5.82 Å². The van der Waals surface area contributed by atoms with E-state index in [1.54, 1.807) is 6.07 Å². The second-order valence-corrected chi connectivity index (χ2v) is 4.24. The zero-order valence-electron chi connectivity index (χ0n) is 7.80. The summed E-state index contributed by atoms with van der Waals surface area (Å²) < 4.78 is 14.2. The normalized spacial score (nSPS) is 10.4. The molecule has 0 spiro atoms. The van der Waals surface area contributed by atoms with Gasteiger partial charge in [0.2, 0.25) is 0 Å². The second kappa shape index (κ2) is 4.35. The molecule has 3 nitrogen and oxygen atoms in total. The molecule has 0 atom stereocenters. The Bertz CT molecular complexity index is 600. The number of rotatable bonds is 1. The fraction of sp³-hybridized carbons (Fsp3) is 0. The molecule has 1 aromatic carbocycles. The topological polar surface area (TPSA) is 45.8 Å². The summed E-state index contributed by atoms with van der Waals surface area (Å²) in [7, 11) is 0. The van der Waals surface area contributed by atoms with E-state index in [0.29, 0.717) is 10.2 Å². The Balaban J connectivity index is 2.66. The summed E-state index contributed by atoms with van der Waals surface area (Å²) >= 11 is 8.85. The van der Waals surface area contributed by atoms with Gasteiger partial charge in [0, 0.05) is 16.2 Å². The van der Waals surface area contributed by atoms with Crippen molar-refractivity contribution in [3.8, 4) is 11.3 Å². The first-order chi connectivity index (χ1) is 7.59. The zero-order chi connectivity index (χ0) is 11.7. The average Bonchev–Trinajstić information content (AvgIpc) is 2.26. The highest BCUT2D eigenvalue weighted by atomic mass is 79.9. The van der Waals surface area contributed by atoms with Crippen LogP contribution in [0.15, 0.2) is 33.7 Å². The van der Waals surface area contributed by atoms with Gasteiger partial charge in [0.1, 0.15) is 0 Å². The number of hydrogen-bond donors (Lipinski definition) is 1. The van der Waals surface area contributed by atoms with Crippen molar-refractivity contribution in [2.45, 2.75) is 0 Å². The monoisotopic (exact) mass is 302 g/mol. The van der Waals surface area contributed by atoms with E-state index >= 15 is 0 Å². The Morgan fingerprint density at radius 2 is 2.12 bits per heavy atom. The number of halogens is 3. The van der Waals surface area contributed by atoms with Gasteiger partial charge in [-0.2, -0.15) is 0 Å². The fourth-order valence-electron chi connectivity index (χ4n) is 1.26. The van der Waals surface area contributed by atoms with Crippen LogP contribution in [-0.4, -0.2) is 9.97 Å². The average molecular weight is 304 g/mol. The first-order valence-electron chi connectivity index (χ1n) is 4.29. The van der Waals surface area contributed by atoms with E-state index < -0.39 is 11.5 Å². The Kier molecular flexibility index (Phi) is 3.07. The molecule has 0 saturated heterocycles. The van der Waals surface area contributed by atoms with Gasteiger partial charge >= 0.3 is 5.69 Å². The third kappa shape index (κ3) is 2.01. The summed E-state index contributed by atoms with van der Waals surface area (Å²) in [5.74, 6) is -0.585. The highest BCUT2D eigenvalue weighted by Crippen LogP contribution is 2.31. The van der Waals surface area contributed by atoms with Crippen molar-refractivity contribution in [2.75, 3.05) is 0 Å². The third-order valence-corrected chi connectivity index (χ3v) is 3.26. The predicted octanol–water partition coefficient (Wildman–Crippen LogP) is 2.99. The molecule has 1 N–H and O–H groups in total. The SMILES string of the molecule is O=c1nccc(-c2ccc(Br)c(Cl)c2F)[nH]1. The molecule has 0 saturated carbocycles. The summed E-state index contributed by atoms with van der Waals surface area (Å²) in [5.41, 5.74) is 0.0375. The van der Waals surface area contributed by atoms with E-state index in [4.69, 9.17) is 11.6 Å². The smallest absolute Gasteiger partial charge is 0.305 e. The number of aromatic nitrogens is 2. The summed E-state index contributed by atoms with van der Waals surface area (Å²) in [6.45, 7) is 0. The van der Waals surface area contributed by atoms with Crippen molar-refractivity contribution in [3.05, 3.63) is 50.2 Å². The molecular weight excluding hydrogens is 298 g/mol. The van der Waals surface area contributed by atoms with Gasteiger partial charge in [-0.1, -0.05) is 11.6 Å². The summed E-state index contributed by atoms with van der Waals surface area (Å²) in [6.07, 6.45) is 1.31. The molecule has 0 aliphatic heterocycles. The van der Waals surface area contributed by atoms with Gasteiger partial charge in [0.05, 0.1) is 10.7 Å². The minimum Gasteiger partial charge on any atom is -0.305 e. The highest BCUT2D eigenvalue weighted by Gasteiger charge is 2.12. The quantitative estimate of drug-likeness (QED) is 0.823. The molecule has 0 aliphatic rings. The van der Waals surface area contributed by atoms with Crippen LogP contribution in [0.1, 0.15) is 0 Å². The van der Waals surface area contributed by atoms with Gasteiger partial charge in [-0.25, -0.2) is 14.2 Å². The standard InChI is InChI=1S/C10H5BrClFN2O/c11-6-2-1-5(9(13)8(6)12)7-3-4-14-10(16)15-7/h1-4H,(H,14,15,16). The van der Waals surface area contributed by atoms with Gasteiger partial charge in [-0.15, -0.1) is 0 Å². The number of nitrogens with one attached hydrogen (secondary N) is 1. The maximum atomic E-state index is 13.8. The van der Waals surface area contributed by atoms with Crippen molar-refractivity contribution in [2.24, 2.45) is 0 Å². The molecule has 2 aromatic rings. The molecule has 0 bridgehead atoms. The third-order valence-electron chi connectivity index (χ3n) is 2.00. The van der Waals surface area contributed by atoms with Gasteiger partial charge in [0.15, 0.2) is 5.82 Å². The highest BCUT2D eigenvalue weighted by molar-refractivity contribution is 9.10. The van der Waals surface area contributed by atoms with Crippen LogP contribution in [-0.2, 0) is 0 Å². The minimum atomic E-state index is -0.585. The molecule has 0 unspecified atom stereocenters. The summed E-state index contributed by atoms with van der Waals surface area (Å²) in [5, 5.41) is -0.0184. The van der Waals surface area contributed by atoms with E-state index in [1.807, 2.05) is 0 Å². The number of benzene rings is 1. The number of nitrogens with zero attached hydrogens (tertiary/aromatic N) is 1. The molecular formula is C10H5BrClFN2O. The van der Waals surface area contributed by atoms with Gasteiger partial charge in [-0.3, -0.25) is 0 Å². The van der Waals surface area contributed by atoms with Crippen molar-refractivity contribution >= 4 is 27.5 Å². The van der Waals surface area contributed by atoms with Crippen LogP contribution in [0.5, 0.6) is 0 Å². The summed E-state index contributed by atoms with van der Waals surface area (Å²) in [6, 6.07) is 4.64.